The number of carbonyl (C=O) groups excluding carboxylic acids is 5. The Morgan fingerprint density at radius 1 is 0.439 bits per heavy atom. The average Bonchev–Trinajstić information content (AvgIpc) is 1.65. The summed E-state index contributed by atoms with van der Waals surface area (Å²) in [5, 5.41) is 22.5. The molecule has 6 aromatic rings. The molecule has 0 bridgehead atoms. The SMILES string of the molecule is CCOC(=O)C[C@@H](C)N.CN1CCN(C(=O)C[C@H](N)Cc2cc(F)c(F)cc2F)CC1.C[C@@H](N)C(=O)O.C[C@@H](N)CC(=O)O.C[C@@H](N)c1ccccc1.N[C@@H](CC(=O)N1CCCCC1)Cc1cc(F)c(F)cc1F.N[C@@H](CC(=O)N1CCOCC1)Cc1cc(F)c(F)cc1F.N[C@@H](CC(=O)N1CCn2c(nnc2C(F)(F)F)C1)Cc1cc(F)c(F)cc1F. The lowest BCUT2D eigenvalue weighted by molar-refractivity contribution is -0.148. The Kier molecular flexibility index (Phi) is 47.1. The van der Waals surface area contributed by atoms with E-state index in [1.807, 2.05) is 44.3 Å². The fourth-order valence-corrected chi connectivity index (χ4v) is 11.8. The first kappa shape index (κ1) is 107. The summed E-state index contributed by atoms with van der Waals surface area (Å²) >= 11 is 0. The number of hydrogen-bond donors (Lipinski definition) is 10. The van der Waals surface area contributed by atoms with Crippen LogP contribution in [-0.4, -0.2) is 219 Å². The molecule has 0 saturated carbocycles. The maximum atomic E-state index is 13.7. The number of ether oxygens (including phenoxy) is 2. The molecule has 3 fully saturated rings. The second-order valence-electron chi connectivity index (χ2n) is 29.5. The molecule has 5 heterocycles. The van der Waals surface area contributed by atoms with Gasteiger partial charge in [-0.3, -0.25) is 33.6 Å². The number of alkyl halides is 3. The number of piperazine rings is 1. The van der Waals surface area contributed by atoms with Crippen molar-refractivity contribution < 1.29 is 119 Å². The second-order valence-corrected chi connectivity index (χ2v) is 29.5. The minimum atomic E-state index is -4.64. The number of halogens is 15. The molecule has 1 aromatic heterocycles. The van der Waals surface area contributed by atoms with Gasteiger partial charge in [0.15, 0.2) is 52.4 Å². The number of benzene rings is 5. The number of likely N-dealkylation sites (N-methyl/N-ethyl adjacent to an activating group) is 1. The summed E-state index contributed by atoms with van der Waals surface area (Å²) in [4.78, 5) is 86.8. The van der Waals surface area contributed by atoms with Gasteiger partial charge in [-0.1, -0.05) is 30.3 Å². The van der Waals surface area contributed by atoms with Gasteiger partial charge in [0.2, 0.25) is 29.5 Å². The first-order valence-corrected chi connectivity index (χ1v) is 39.2. The Hall–Kier alpha value is -9.92. The van der Waals surface area contributed by atoms with E-state index < -0.39 is 130 Å². The molecule has 123 heavy (non-hydrogen) atoms. The van der Waals surface area contributed by atoms with E-state index in [0.29, 0.717) is 82.8 Å². The lowest BCUT2D eigenvalue weighted by Gasteiger charge is -2.33. The highest BCUT2D eigenvalue weighted by Crippen LogP contribution is 2.30. The van der Waals surface area contributed by atoms with Crippen molar-refractivity contribution in [2.24, 2.45) is 45.9 Å². The number of fused-ring (bicyclic) bond motifs is 1. The van der Waals surface area contributed by atoms with Gasteiger partial charge >= 0.3 is 24.1 Å². The van der Waals surface area contributed by atoms with Crippen LogP contribution in [0.4, 0.5) is 65.9 Å². The minimum absolute atomic E-state index is 0.000783. The number of carboxylic acid groups (broad SMARTS) is 2. The molecule has 18 N–H and O–H groups in total. The molecule has 3 saturated heterocycles. The number of hydrogen-bond acceptors (Lipinski definition) is 20. The number of morpholine rings is 1. The number of nitrogens with two attached hydrogens (primary N) is 8. The topological polar surface area (TPSA) is 433 Å². The van der Waals surface area contributed by atoms with Gasteiger partial charge in [0.05, 0.1) is 39.2 Å². The first-order chi connectivity index (χ1) is 57.6. The van der Waals surface area contributed by atoms with E-state index in [4.69, 9.17) is 60.8 Å². The molecule has 5 aromatic carbocycles. The number of amides is 4. The van der Waals surface area contributed by atoms with Gasteiger partial charge in [-0.25, -0.2) is 52.7 Å². The third kappa shape index (κ3) is 40.5. The van der Waals surface area contributed by atoms with Crippen LogP contribution in [-0.2, 0) is 88.0 Å². The molecule has 0 radical (unpaired) electrons. The maximum Gasteiger partial charge on any atom is 0.451 e. The van der Waals surface area contributed by atoms with E-state index in [2.05, 4.69) is 19.8 Å². The van der Waals surface area contributed by atoms with Crippen LogP contribution in [0.3, 0.4) is 0 Å². The van der Waals surface area contributed by atoms with Crippen molar-refractivity contribution in [1.82, 2.24) is 39.3 Å². The van der Waals surface area contributed by atoms with Crippen molar-refractivity contribution in [3.63, 3.8) is 0 Å². The molecule has 42 heteroatoms. The Labute approximate surface area is 702 Å². The molecule has 10 rings (SSSR count). The Morgan fingerprint density at radius 2 is 0.772 bits per heavy atom. The summed E-state index contributed by atoms with van der Waals surface area (Å²) in [6.45, 7) is 15.1. The van der Waals surface area contributed by atoms with Crippen LogP contribution < -0.4 is 45.9 Å². The van der Waals surface area contributed by atoms with Gasteiger partial charge in [-0.2, -0.15) is 13.2 Å². The van der Waals surface area contributed by atoms with Crippen LogP contribution in [0.2, 0.25) is 0 Å². The molecule has 4 amide bonds. The Morgan fingerprint density at radius 3 is 1.08 bits per heavy atom. The van der Waals surface area contributed by atoms with E-state index in [1.54, 1.807) is 35.5 Å². The molecule has 27 nitrogen and oxygen atoms in total. The zero-order chi connectivity index (χ0) is 92.7. The predicted molar refractivity (Wildman–Crippen MR) is 424 cm³/mol. The lowest BCUT2D eigenvalue weighted by atomic mass is 10.0. The van der Waals surface area contributed by atoms with Crippen molar-refractivity contribution in [2.75, 3.05) is 85.8 Å². The summed E-state index contributed by atoms with van der Waals surface area (Å²) in [6.07, 6.45) is -1.52. The summed E-state index contributed by atoms with van der Waals surface area (Å²) < 4.78 is 208. The molecule has 4 aliphatic rings. The van der Waals surface area contributed by atoms with Gasteiger partial charge in [-0.05, 0) is 139 Å². The van der Waals surface area contributed by atoms with Gasteiger partial charge in [0.25, 0.3) is 0 Å². The lowest BCUT2D eigenvalue weighted by Crippen LogP contribution is -2.48. The number of nitrogens with zero attached hydrogens (tertiary/aromatic N) is 8. The highest BCUT2D eigenvalue weighted by Gasteiger charge is 2.40. The monoisotopic (exact) mass is 1770 g/mol. The van der Waals surface area contributed by atoms with Gasteiger partial charge in [0.1, 0.15) is 29.3 Å². The van der Waals surface area contributed by atoms with E-state index in [0.717, 1.165) is 68.2 Å². The van der Waals surface area contributed by atoms with E-state index >= 15 is 0 Å². The number of aromatic nitrogens is 3. The minimum Gasteiger partial charge on any atom is -0.481 e. The molecule has 0 unspecified atom stereocenters. The van der Waals surface area contributed by atoms with Crippen molar-refractivity contribution in [3.05, 3.63) is 188 Å². The maximum absolute atomic E-state index is 13.7. The number of piperidine rings is 1. The van der Waals surface area contributed by atoms with Crippen LogP contribution in [0.25, 0.3) is 0 Å². The summed E-state index contributed by atoms with van der Waals surface area (Å²) in [7, 11) is 1.99. The Bertz CT molecular complexity index is 4220. The highest BCUT2D eigenvalue weighted by molar-refractivity contribution is 5.78. The van der Waals surface area contributed by atoms with Gasteiger partial charge in [-0.15, -0.1) is 10.2 Å². The first-order valence-electron chi connectivity index (χ1n) is 39.2. The van der Waals surface area contributed by atoms with Crippen molar-refractivity contribution in [3.8, 4) is 0 Å². The van der Waals surface area contributed by atoms with Crippen molar-refractivity contribution >= 4 is 41.5 Å². The summed E-state index contributed by atoms with van der Waals surface area (Å²) in [6, 6.07) is 11.3. The zero-order valence-corrected chi connectivity index (χ0v) is 69.2. The number of carbonyl (C=O) groups is 7. The molecular weight excluding hydrogens is 1660 g/mol. The van der Waals surface area contributed by atoms with Crippen LogP contribution >= 0.6 is 0 Å². The van der Waals surface area contributed by atoms with Crippen LogP contribution in [0.15, 0.2) is 78.9 Å². The third-order valence-electron chi connectivity index (χ3n) is 18.3. The third-order valence-corrected chi connectivity index (χ3v) is 18.3. The fourth-order valence-electron chi connectivity index (χ4n) is 11.8. The largest absolute Gasteiger partial charge is 0.481 e. The normalized spacial score (nSPS) is 15.7. The summed E-state index contributed by atoms with van der Waals surface area (Å²) in [5.41, 5.74) is 45.2. The quantitative estimate of drug-likeness (QED) is 0.0165. The summed E-state index contributed by atoms with van der Waals surface area (Å²) in [5.74, 6) is -17.1. The second kappa shape index (κ2) is 54.0. The van der Waals surface area contributed by atoms with Crippen LogP contribution in [0.5, 0.6) is 0 Å². The predicted octanol–water partition coefficient (Wildman–Crippen LogP) is 7.97. The number of carboxylic acids is 2. The molecule has 0 spiro atoms. The van der Waals surface area contributed by atoms with Crippen LogP contribution in [0.1, 0.15) is 138 Å². The fraction of sp³-hybridized carbons (Fsp3) is 0.519. The highest BCUT2D eigenvalue weighted by atomic mass is 19.4. The van der Waals surface area contributed by atoms with Crippen LogP contribution in [0, 0.1) is 69.8 Å². The molecule has 0 aliphatic carbocycles. The number of likely N-dealkylation sites (tertiary alicyclic amines) is 1. The molecule has 8 atom stereocenters. The zero-order valence-electron chi connectivity index (χ0n) is 69.2. The average molecular weight is 1770 g/mol. The van der Waals surface area contributed by atoms with E-state index in [9.17, 15) is 99.4 Å². The Balaban J connectivity index is 0.000000381. The van der Waals surface area contributed by atoms with E-state index in [1.165, 1.54) is 17.4 Å². The molecule has 4 aliphatic heterocycles. The van der Waals surface area contributed by atoms with Crippen molar-refractivity contribution in [1.29, 1.82) is 0 Å². The van der Waals surface area contributed by atoms with Gasteiger partial charge in [0, 0.05) is 158 Å². The smallest absolute Gasteiger partial charge is 0.451 e. The standard InChI is InChI=1S/C16H15F6N5O.C15H20F3N3O.C15H19F3N2O.C14H17F3N2O2.C8H11N.C6H13NO2.C4H9NO2.C3H7NO2/c17-10-6-12(19)11(18)4-8(10)3-9(23)5-14(28)26-1-2-27-13(7-26)24-25-15(27)16(20,21)22;1-20-2-4-21(5-3-20)15(22)8-11(19)6-10-7-13(17)14(18)9-12(10)16;16-12-9-14(18)13(17)7-10(12)6-11(19)8-15(21)20-4-2-1-3-5-20;15-11-8-13(17)12(16)6-9(11)5-10(18)7-14(20)19-1-3-21-4-2-19;1-7(9)8-5-3-2-4-6-8;1-3-9-6(8)4-5(2)7;1-3(5)2-4(6)7;1-2(4)3(5)6/h4,6,9H,1-3,5,7,23H2;7,9,11H,2-6,8,19H2,1H3;7,9,11H,1-6,8,19H2;6,8,10H,1-5,7,18H2;2-7H,9H2,1H3;5H,3-4,7H2,1-2H3;3H,2,5H2,1H3,(H,6,7);2H,4H2,1H3,(H,5,6)/t9-;2*11-;10-;7-;5-;3-;2-/m11111111/s1. The number of esters is 1. The number of rotatable bonds is 23. The molecular formula is C81H111F15N16O11. The molecule has 686 valence electrons. The van der Waals surface area contributed by atoms with E-state index in [-0.39, 0.29) is 147 Å². The van der Waals surface area contributed by atoms with Gasteiger partial charge < -0.3 is 94.6 Å². The van der Waals surface area contributed by atoms with Crippen molar-refractivity contribution in [2.45, 2.75) is 186 Å². The number of aliphatic carboxylic acids is 2.